The molecule has 0 amide bonds. The van der Waals surface area contributed by atoms with E-state index < -0.39 is 0 Å². The topological polar surface area (TPSA) is 53.1 Å². The van der Waals surface area contributed by atoms with Crippen LogP contribution in [0.3, 0.4) is 0 Å². The summed E-state index contributed by atoms with van der Waals surface area (Å²) in [7, 11) is 0. The lowest BCUT2D eigenvalue weighted by atomic mass is 10.3. The molecule has 0 saturated heterocycles. The van der Waals surface area contributed by atoms with Gasteiger partial charge in [-0.3, -0.25) is 10.4 Å². The van der Waals surface area contributed by atoms with Crippen molar-refractivity contribution in [3.63, 3.8) is 0 Å². The highest BCUT2D eigenvalue weighted by Crippen LogP contribution is 2.11. The van der Waals surface area contributed by atoms with Crippen LogP contribution in [0, 0.1) is 11.2 Å². The van der Waals surface area contributed by atoms with Crippen molar-refractivity contribution in [3.05, 3.63) is 30.1 Å². The van der Waals surface area contributed by atoms with E-state index in [1.807, 2.05) is 0 Å². The summed E-state index contributed by atoms with van der Waals surface area (Å²) in [6.45, 7) is 1.56. The third kappa shape index (κ3) is 1.79. The van der Waals surface area contributed by atoms with Crippen molar-refractivity contribution in [2.75, 3.05) is 5.01 Å². The summed E-state index contributed by atoms with van der Waals surface area (Å²) in [5.41, 5.74) is 0.601. The molecular formula is C8H10FN3. The lowest BCUT2D eigenvalue weighted by Gasteiger charge is -2.15. The molecule has 0 fully saturated rings. The lowest BCUT2D eigenvalue weighted by molar-refractivity contribution is 0.628. The van der Waals surface area contributed by atoms with Crippen LogP contribution in [0.4, 0.5) is 10.1 Å². The van der Waals surface area contributed by atoms with Crippen LogP contribution in [0.15, 0.2) is 24.3 Å². The van der Waals surface area contributed by atoms with Crippen molar-refractivity contribution < 1.29 is 4.39 Å². The average molecular weight is 167 g/mol. The van der Waals surface area contributed by atoms with E-state index in [-0.39, 0.29) is 11.7 Å². The molecule has 3 N–H and O–H groups in total. The maximum absolute atomic E-state index is 12.4. The molecule has 64 valence electrons. The second kappa shape index (κ2) is 3.32. The summed E-state index contributed by atoms with van der Waals surface area (Å²) >= 11 is 0. The van der Waals surface area contributed by atoms with Gasteiger partial charge in [-0.25, -0.2) is 10.2 Å². The zero-order chi connectivity index (χ0) is 9.14. The molecule has 0 aliphatic heterocycles. The van der Waals surface area contributed by atoms with Gasteiger partial charge in [0, 0.05) is 0 Å². The molecule has 0 bridgehead atoms. The number of benzene rings is 1. The number of nitrogens with one attached hydrogen (secondary N) is 1. The number of hydrogen-bond donors (Lipinski definition) is 2. The molecule has 0 saturated carbocycles. The minimum atomic E-state index is -0.310. The van der Waals surface area contributed by atoms with Crippen LogP contribution >= 0.6 is 0 Å². The van der Waals surface area contributed by atoms with Crippen molar-refractivity contribution in [1.29, 1.82) is 5.41 Å². The van der Waals surface area contributed by atoms with Crippen molar-refractivity contribution in [3.8, 4) is 0 Å². The number of nitrogens with zero attached hydrogens (tertiary/aromatic N) is 1. The molecule has 1 aromatic carbocycles. The molecule has 0 atom stereocenters. The van der Waals surface area contributed by atoms with Gasteiger partial charge in [0.2, 0.25) is 0 Å². The molecule has 12 heavy (non-hydrogen) atoms. The lowest BCUT2D eigenvalue weighted by Crippen LogP contribution is -2.34. The maximum atomic E-state index is 12.4. The van der Waals surface area contributed by atoms with E-state index in [9.17, 15) is 4.39 Å². The van der Waals surface area contributed by atoms with Crippen LogP contribution in [-0.4, -0.2) is 5.84 Å². The molecule has 0 unspecified atom stereocenters. The number of anilines is 1. The fraction of sp³-hybridized carbons (Fsp3) is 0.125. The summed E-state index contributed by atoms with van der Waals surface area (Å²) in [4.78, 5) is 0. The Morgan fingerprint density at radius 2 is 1.92 bits per heavy atom. The van der Waals surface area contributed by atoms with E-state index in [2.05, 4.69) is 0 Å². The van der Waals surface area contributed by atoms with Crippen molar-refractivity contribution in [2.24, 2.45) is 5.84 Å². The maximum Gasteiger partial charge on any atom is 0.123 e. The Bertz CT molecular complexity index is 281. The Morgan fingerprint density at radius 3 is 2.33 bits per heavy atom. The number of halogens is 1. The number of rotatable bonds is 1. The molecule has 1 aromatic rings. The van der Waals surface area contributed by atoms with Gasteiger partial charge in [0.05, 0.1) is 5.69 Å². The van der Waals surface area contributed by atoms with Gasteiger partial charge in [0.25, 0.3) is 0 Å². The highest BCUT2D eigenvalue weighted by Gasteiger charge is 2.01. The van der Waals surface area contributed by atoms with E-state index in [4.69, 9.17) is 11.3 Å². The van der Waals surface area contributed by atoms with Gasteiger partial charge in [-0.05, 0) is 31.2 Å². The highest BCUT2D eigenvalue weighted by atomic mass is 19.1. The largest absolute Gasteiger partial charge is 0.287 e. The van der Waals surface area contributed by atoms with Crippen LogP contribution in [0.1, 0.15) is 6.92 Å². The summed E-state index contributed by atoms with van der Waals surface area (Å²) < 4.78 is 12.4. The molecule has 0 aliphatic carbocycles. The zero-order valence-electron chi connectivity index (χ0n) is 6.71. The molecule has 1 rings (SSSR count). The van der Waals surface area contributed by atoms with Gasteiger partial charge in [-0.15, -0.1) is 0 Å². The molecule has 3 nitrogen and oxygen atoms in total. The smallest absolute Gasteiger partial charge is 0.123 e. The minimum absolute atomic E-state index is 0.210. The van der Waals surface area contributed by atoms with E-state index in [0.29, 0.717) is 5.69 Å². The van der Waals surface area contributed by atoms with Gasteiger partial charge >= 0.3 is 0 Å². The first kappa shape index (κ1) is 8.67. The Labute approximate surface area is 70.1 Å². The van der Waals surface area contributed by atoms with E-state index in [1.165, 1.54) is 29.3 Å². The summed E-state index contributed by atoms with van der Waals surface area (Å²) in [5.74, 6) is 5.37. The molecule has 0 aromatic heterocycles. The first-order valence-corrected chi connectivity index (χ1v) is 3.47. The highest BCUT2D eigenvalue weighted by molar-refractivity contribution is 5.92. The molecule has 0 heterocycles. The Morgan fingerprint density at radius 1 is 1.42 bits per heavy atom. The van der Waals surface area contributed by atoms with Crippen LogP contribution in [0.25, 0.3) is 0 Å². The zero-order valence-corrected chi connectivity index (χ0v) is 6.71. The second-order valence-electron chi connectivity index (χ2n) is 2.43. The quantitative estimate of drug-likeness (QED) is 0.288. The first-order chi connectivity index (χ1) is 5.61. The minimum Gasteiger partial charge on any atom is -0.287 e. The molecule has 0 radical (unpaired) electrons. The average Bonchev–Trinajstić information content (AvgIpc) is 2.04. The van der Waals surface area contributed by atoms with Crippen molar-refractivity contribution in [2.45, 2.75) is 6.92 Å². The third-order valence-corrected chi connectivity index (χ3v) is 1.47. The number of nitrogens with two attached hydrogens (primary N) is 1. The predicted octanol–water partition coefficient (Wildman–Crippen LogP) is 1.50. The Hall–Kier alpha value is -1.42. The Kier molecular flexibility index (Phi) is 2.40. The summed E-state index contributed by atoms with van der Waals surface area (Å²) in [6.07, 6.45) is 0. The second-order valence-corrected chi connectivity index (χ2v) is 2.43. The van der Waals surface area contributed by atoms with Gasteiger partial charge in [0.1, 0.15) is 11.7 Å². The number of hydrogen-bond acceptors (Lipinski definition) is 2. The van der Waals surface area contributed by atoms with Crippen molar-refractivity contribution in [1.82, 2.24) is 0 Å². The fourth-order valence-corrected chi connectivity index (χ4v) is 0.795. The van der Waals surface area contributed by atoms with Crippen molar-refractivity contribution >= 4 is 11.5 Å². The number of hydrazine groups is 1. The van der Waals surface area contributed by atoms with E-state index >= 15 is 0 Å². The van der Waals surface area contributed by atoms with Crippen LogP contribution in [0.2, 0.25) is 0 Å². The monoisotopic (exact) mass is 167 g/mol. The summed E-state index contributed by atoms with van der Waals surface area (Å²) in [5, 5.41) is 8.38. The normalized spacial score (nSPS) is 9.58. The summed E-state index contributed by atoms with van der Waals surface area (Å²) in [6, 6.07) is 5.65. The van der Waals surface area contributed by atoms with Gasteiger partial charge < -0.3 is 0 Å². The van der Waals surface area contributed by atoms with Gasteiger partial charge in [-0.1, -0.05) is 0 Å². The van der Waals surface area contributed by atoms with Gasteiger partial charge in [0.15, 0.2) is 0 Å². The van der Waals surface area contributed by atoms with E-state index in [0.717, 1.165) is 0 Å². The Balaban J connectivity index is 2.89. The van der Waals surface area contributed by atoms with Crippen LogP contribution in [-0.2, 0) is 0 Å². The SMILES string of the molecule is CC(=N)N(N)c1ccc(F)cc1. The third-order valence-electron chi connectivity index (χ3n) is 1.47. The van der Waals surface area contributed by atoms with E-state index in [1.54, 1.807) is 6.92 Å². The fourth-order valence-electron chi connectivity index (χ4n) is 0.795. The van der Waals surface area contributed by atoms with Gasteiger partial charge in [-0.2, -0.15) is 0 Å². The molecule has 4 heteroatoms. The standard InChI is InChI=1S/C8H10FN3/c1-6(10)12(11)8-4-2-7(9)3-5-8/h2-5,10H,11H2,1H3. The molecular weight excluding hydrogens is 157 g/mol. The first-order valence-electron chi connectivity index (χ1n) is 3.47. The predicted molar refractivity (Wildman–Crippen MR) is 46.5 cm³/mol. The molecule has 0 aliphatic rings. The molecule has 0 spiro atoms. The number of amidine groups is 1. The van der Waals surface area contributed by atoms with Crippen LogP contribution < -0.4 is 10.9 Å². The van der Waals surface area contributed by atoms with Crippen LogP contribution in [0.5, 0.6) is 0 Å².